The number of amides is 1. The summed E-state index contributed by atoms with van der Waals surface area (Å²) < 4.78 is 65.8. The van der Waals surface area contributed by atoms with Crippen LogP contribution in [0.15, 0.2) is 60.7 Å². The van der Waals surface area contributed by atoms with Crippen molar-refractivity contribution >= 4 is 38.4 Å². The van der Waals surface area contributed by atoms with Gasteiger partial charge in [-0.3, -0.25) is 4.79 Å². The highest BCUT2D eigenvalue weighted by molar-refractivity contribution is 7.89. The van der Waals surface area contributed by atoms with E-state index in [2.05, 4.69) is 5.10 Å². The minimum absolute atomic E-state index is 0.0129. The summed E-state index contributed by atoms with van der Waals surface area (Å²) in [7, 11) is -3.82. The topological polar surface area (TPSA) is 105 Å². The SMILES string of the molecule is CS(=O)(=O)NC(=O)c1ccc(-n2nc(-c3cccc(C(F)(F)F)c3)c3cc(Cl)ccc32)c(C#N)c1. The second-order valence-corrected chi connectivity index (χ2v) is 9.73. The first-order chi connectivity index (χ1) is 16.4. The maximum absolute atomic E-state index is 13.3. The molecule has 1 heterocycles. The van der Waals surface area contributed by atoms with Crippen molar-refractivity contribution in [3.05, 3.63) is 82.4 Å². The Morgan fingerprint density at radius 2 is 1.86 bits per heavy atom. The largest absolute Gasteiger partial charge is 0.416 e. The minimum atomic E-state index is -4.55. The number of fused-ring (bicyclic) bond motifs is 1. The number of nitrogens with one attached hydrogen (secondary N) is 1. The molecule has 0 aliphatic rings. The molecule has 178 valence electrons. The number of aromatic nitrogens is 2. The molecule has 0 radical (unpaired) electrons. The molecule has 1 N–H and O–H groups in total. The molecule has 7 nitrogen and oxygen atoms in total. The molecule has 1 aromatic heterocycles. The average molecular weight is 519 g/mol. The molecule has 3 aromatic carbocycles. The fraction of sp³-hybridized carbons (Fsp3) is 0.0870. The molecule has 35 heavy (non-hydrogen) atoms. The van der Waals surface area contributed by atoms with E-state index in [-0.39, 0.29) is 28.1 Å². The van der Waals surface area contributed by atoms with Crippen LogP contribution in [0.5, 0.6) is 0 Å². The maximum Gasteiger partial charge on any atom is 0.416 e. The fourth-order valence-electron chi connectivity index (χ4n) is 3.51. The van der Waals surface area contributed by atoms with Crippen molar-refractivity contribution in [3.8, 4) is 23.0 Å². The van der Waals surface area contributed by atoms with E-state index in [9.17, 15) is 31.6 Å². The maximum atomic E-state index is 13.3. The van der Waals surface area contributed by atoms with E-state index in [0.717, 1.165) is 18.4 Å². The van der Waals surface area contributed by atoms with Crippen LogP contribution in [-0.2, 0) is 16.2 Å². The van der Waals surface area contributed by atoms with Crippen LogP contribution in [0.25, 0.3) is 27.8 Å². The van der Waals surface area contributed by atoms with Crippen LogP contribution in [0.2, 0.25) is 5.02 Å². The standard InChI is InChI=1S/C23H14ClF3N4O3S/c1-35(33,34)30-22(32)14-5-7-19(15(9-14)12-28)31-20-8-6-17(24)11-18(20)21(29-31)13-3-2-4-16(10-13)23(25,26)27/h2-11H,1H3,(H,30,32). The number of halogens is 4. The third kappa shape index (κ3) is 4.99. The molecule has 0 fully saturated rings. The quantitative estimate of drug-likeness (QED) is 0.412. The van der Waals surface area contributed by atoms with Gasteiger partial charge < -0.3 is 0 Å². The van der Waals surface area contributed by atoms with E-state index >= 15 is 0 Å². The number of hydrogen-bond donors (Lipinski definition) is 1. The lowest BCUT2D eigenvalue weighted by Crippen LogP contribution is -2.29. The third-order valence-corrected chi connectivity index (χ3v) is 5.78. The lowest BCUT2D eigenvalue weighted by Gasteiger charge is -2.09. The van der Waals surface area contributed by atoms with Crippen molar-refractivity contribution < 1.29 is 26.4 Å². The first-order valence-corrected chi connectivity index (χ1v) is 12.1. The molecule has 4 aromatic rings. The number of sulfonamides is 1. The smallest absolute Gasteiger partial charge is 0.268 e. The van der Waals surface area contributed by atoms with Crippen LogP contribution in [0, 0.1) is 11.3 Å². The van der Waals surface area contributed by atoms with Crippen molar-refractivity contribution in [1.29, 1.82) is 5.26 Å². The van der Waals surface area contributed by atoms with Gasteiger partial charge in [0.05, 0.1) is 28.6 Å². The first-order valence-electron chi connectivity index (χ1n) is 9.80. The summed E-state index contributed by atoms with van der Waals surface area (Å²) in [5.41, 5.74) is 0.138. The Morgan fingerprint density at radius 1 is 1.11 bits per heavy atom. The second kappa shape index (κ2) is 8.72. The summed E-state index contributed by atoms with van der Waals surface area (Å²) in [5, 5.41) is 15.0. The number of hydrogen-bond acceptors (Lipinski definition) is 5. The summed E-state index contributed by atoms with van der Waals surface area (Å²) in [4.78, 5) is 12.2. The highest BCUT2D eigenvalue weighted by atomic mass is 35.5. The summed E-state index contributed by atoms with van der Waals surface area (Å²) in [6.45, 7) is 0. The number of alkyl halides is 3. The number of benzene rings is 3. The van der Waals surface area contributed by atoms with E-state index < -0.39 is 27.7 Å². The number of nitriles is 1. The number of rotatable bonds is 4. The van der Waals surface area contributed by atoms with E-state index in [1.165, 1.54) is 35.0 Å². The lowest BCUT2D eigenvalue weighted by atomic mass is 10.0. The Kier molecular flexibility index (Phi) is 6.04. The molecule has 1 amide bonds. The zero-order chi connectivity index (χ0) is 25.5. The number of nitrogens with zero attached hydrogens (tertiary/aromatic N) is 3. The molecule has 4 rings (SSSR count). The Labute approximate surface area is 202 Å². The fourth-order valence-corrected chi connectivity index (χ4v) is 4.14. The molecule has 0 aliphatic heterocycles. The van der Waals surface area contributed by atoms with Gasteiger partial charge >= 0.3 is 6.18 Å². The van der Waals surface area contributed by atoms with Crippen molar-refractivity contribution in [2.24, 2.45) is 0 Å². The van der Waals surface area contributed by atoms with Gasteiger partial charge in [0, 0.05) is 21.5 Å². The van der Waals surface area contributed by atoms with E-state index in [1.807, 2.05) is 10.8 Å². The molecule has 0 bridgehead atoms. The molecule has 0 saturated heterocycles. The van der Waals surface area contributed by atoms with Crippen molar-refractivity contribution in [2.45, 2.75) is 6.18 Å². The number of carbonyl (C=O) groups is 1. The van der Waals surface area contributed by atoms with Gasteiger partial charge in [-0.2, -0.15) is 23.5 Å². The summed E-state index contributed by atoms with van der Waals surface area (Å²) in [6.07, 6.45) is -3.73. The van der Waals surface area contributed by atoms with Gasteiger partial charge in [0.25, 0.3) is 5.91 Å². The summed E-state index contributed by atoms with van der Waals surface area (Å²) in [6, 6.07) is 15.2. The second-order valence-electron chi connectivity index (χ2n) is 7.55. The van der Waals surface area contributed by atoms with Gasteiger partial charge in [0.2, 0.25) is 10.0 Å². The van der Waals surface area contributed by atoms with Crippen LogP contribution in [0.3, 0.4) is 0 Å². The lowest BCUT2D eigenvalue weighted by molar-refractivity contribution is -0.137. The third-order valence-electron chi connectivity index (χ3n) is 4.99. The van der Waals surface area contributed by atoms with Gasteiger partial charge in [-0.1, -0.05) is 23.7 Å². The predicted octanol–water partition coefficient (Wildman–Crippen LogP) is 4.93. The van der Waals surface area contributed by atoms with Crippen LogP contribution < -0.4 is 4.72 Å². The van der Waals surface area contributed by atoms with Gasteiger partial charge in [0.1, 0.15) is 11.8 Å². The van der Waals surface area contributed by atoms with Crippen LogP contribution >= 0.6 is 11.6 Å². The molecule has 0 saturated carbocycles. The Bertz CT molecular complexity index is 1640. The van der Waals surface area contributed by atoms with Crippen LogP contribution in [0.4, 0.5) is 13.2 Å². The molecule has 0 atom stereocenters. The van der Waals surface area contributed by atoms with Gasteiger partial charge in [-0.15, -0.1) is 0 Å². The van der Waals surface area contributed by atoms with Crippen molar-refractivity contribution in [3.63, 3.8) is 0 Å². The first kappa shape index (κ1) is 24.3. The molecule has 12 heteroatoms. The molecular weight excluding hydrogens is 505 g/mol. The zero-order valence-corrected chi connectivity index (χ0v) is 19.3. The summed E-state index contributed by atoms with van der Waals surface area (Å²) in [5.74, 6) is -0.919. The molecule has 0 unspecified atom stereocenters. The highest BCUT2D eigenvalue weighted by Crippen LogP contribution is 2.36. The highest BCUT2D eigenvalue weighted by Gasteiger charge is 2.31. The van der Waals surface area contributed by atoms with Crippen LogP contribution in [-0.4, -0.2) is 30.4 Å². The Balaban J connectivity index is 1.91. The monoisotopic (exact) mass is 518 g/mol. The van der Waals surface area contributed by atoms with Crippen molar-refractivity contribution in [2.75, 3.05) is 6.26 Å². The Hall–Kier alpha value is -3.88. The summed E-state index contributed by atoms with van der Waals surface area (Å²) >= 11 is 6.14. The molecular formula is C23H14ClF3N4O3S. The number of carbonyl (C=O) groups excluding carboxylic acids is 1. The predicted molar refractivity (Wildman–Crippen MR) is 124 cm³/mol. The Morgan fingerprint density at radius 3 is 2.51 bits per heavy atom. The van der Waals surface area contributed by atoms with E-state index in [1.54, 1.807) is 18.2 Å². The molecule has 0 aliphatic carbocycles. The normalized spacial score (nSPS) is 11.9. The van der Waals surface area contributed by atoms with Crippen LogP contribution in [0.1, 0.15) is 21.5 Å². The van der Waals surface area contributed by atoms with Gasteiger partial charge in [-0.05, 0) is 48.5 Å². The van der Waals surface area contributed by atoms with Crippen molar-refractivity contribution in [1.82, 2.24) is 14.5 Å². The van der Waals surface area contributed by atoms with E-state index in [0.29, 0.717) is 15.9 Å². The zero-order valence-electron chi connectivity index (χ0n) is 17.8. The van der Waals surface area contributed by atoms with Gasteiger partial charge in [-0.25, -0.2) is 17.8 Å². The minimum Gasteiger partial charge on any atom is -0.268 e. The average Bonchev–Trinajstić information content (AvgIpc) is 3.15. The molecule has 0 spiro atoms. The van der Waals surface area contributed by atoms with E-state index in [4.69, 9.17) is 11.6 Å². The van der Waals surface area contributed by atoms with Gasteiger partial charge in [0.15, 0.2) is 0 Å².